The van der Waals surface area contributed by atoms with Crippen LogP contribution in [0.3, 0.4) is 0 Å². The molecule has 1 atom stereocenters. The minimum Gasteiger partial charge on any atom is -0.507 e. The molecule has 2 nitrogen and oxygen atoms in total. The van der Waals surface area contributed by atoms with E-state index in [1.807, 2.05) is 12.1 Å². The molecular formula is C16H25BrO2. The van der Waals surface area contributed by atoms with Crippen LogP contribution in [0.5, 0.6) is 5.75 Å². The molecule has 0 radical (unpaired) electrons. The Bertz CT molecular complexity index is 418. The number of aliphatic hydroxyl groups is 1. The van der Waals surface area contributed by atoms with Crippen LogP contribution >= 0.6 is 15.9 Å². The Morgan fingerprint density at radius 1 is 1.00 bits per heavy atom. The molecule has 0 aromatic heterocycles. The lowest BCUT2D eigenvalue weighted by Gasteiger charge is -2.29. The second-order valence-electron chi connectivity index (χ2n) is 7.13. The van der Waals surface area contributed by atoms with Crippen LogP contribution in [0.25, 0.3) is 0 Å². The van der Waals surface area contributed by atoms with E-state index < -0.39 is 6.10 Å². The molecule has 0 aliphatic carbocycles. The van der Waals surface area contributed by atoms with Gasteiger partial charge in [-0.25, -0.2) is 0 Å². The van der Waals surface area contributed by atoms with E-state index >= 15 is 0 Å². The summed E-state index contributed by atoms with van der Waals surface area (Å²) in [4.78, 5) is 0. The summed E-state index contributed by atoms with van der Waals surface area (Å²) < 4.78 is 0. The highest BCUT2D eigenvalue weighted by Gasteiger charge is 2.27. The number of hydrogen-bond donors (Lipinski definition) is 2. The molecule has 0 amide bonds. The van der Waals surface area contributed by atoms with Gasteiger partial charge in [-0.05, 0) is 39.7 Å². The molecule has 0 aliphatic heterocycles. The Balaban J connectivity index is 3.57. The lowest BCUT2D eigenvalue weighted by Crippen LogP contribution is -2.18. The Morgan fingerprint density at radius 3 is 1.63 bits per heavy atom. The predicted molar refractivity (Wildman–Crippen MR) is 84.3 cm³/mol. The highest BCUT2D eigenvalue weighted by molar-refractivity contribution is 9.09. The first-order valence-corrected chi connectivity index (χ1v) is 7.72. The van der Waals surface area contributed by atoms with E-state index in [4.69, 9.17) is 0 Å². The number of halogens is 1. The maximum absolute atomic E-state index is 10.5. The first-order chi connectivity index (χ1) is 8.48. The van der Waals surface area contributed by atoms with Gasteiger partial charge in [0, 0.05) is 5.33 Å². The fourth-order valence-electron chi connectivity index (χ4n) is 2.08. The van der Waals surface area contributed by atoms with Crippen LogP contribution in [-0.4, -0.2) is 15.5 Å². The van der Waals surface area contributed by atoms with Crippen molar-refractivity contribution in [3.8, 4) is 5.75 Å². The van der Waals surface area contributed by atoms with Crippen LogP contribution in [0.4, 0.5) is 0 Å². The largest absolute Gasteiger partial charge is 0.507 e. The summed E-state index contributed by atoms with van der Waals surface area (Å²) in [5.41, 5.74) is 2.30. The van der Waals surface area contributed by atoms with E-state index in [0.717, 1.165) is 16.7 Å². The van der Waals surface area contributed by atoms with Crippen LogP contribution in [0.1, 0.15) is 64.3 Å². The van der Waals surface area contributed by atoms with E-state index in [9.17, 15) is 10.2 Å². The van der Waals surface area contributed by atoms with Crippen molar-refractivity contribution in [2.75, 3.05) is 5.33 Å². The van der Waals surface area contributed by atoms with Crippen molar-refractivity contribution in [1.82, 2.24) is 0 Å². The number of aliphatic hydroxyl groups excluding tert-OH is 1. The molecule has 0 bridgehead atoms. The van der Waals surface area contributed by atoms with E-state index in [-0.39, 0.29) is 10.8 Å². The topological polar surface area (TPSA) is 40.5 Å². The molecule has 0 aliphatic rings. The number of phenolic OH excluding ortho intramolecular Hbond substituents is 1. The minimum absolute atomic E-state index is 0.161. The summed E-state index contributed by atoms with van der Waals surface area (Å²) in [6, 6.07) is 3.83. The molecule has 0 saturated carbocycles. The highest BCUT2D eigenvalue weighted by Crippen LogP contribution is 2.40. The molecular weight excluding hydrogens is 304 g/mol. The number of alkyl halides is 1. The molecule has 0 heterocycles. The first-order valence-electron chi connectivity index (χ1n) is 6.60. The summed E-state index contributed by atoms with van der Waals surface area (Å²) in [6.07, 6.45) is -0.553. The van der Waals surface area contributed by atoms with Gasteiger partial charge in [-0.3, -0.25) is 0 Å². The first kappa shape index (κ1) is 16.5. The molecule has 19 heavy (non-hydrogen) atoms. The zero-order valence-electron chi connectivity index (χ0n) is 12.7. The third-order valence-corrected chi connectivity index (χ3v) is 3.89. The maximum Gasteiger partial charge on any atom is 0.123 e. The van der Waals surface area contributed by atoms with Crippen LogP contribution in [-0.2, 0) is 10.8 Å². The van der Waals surface area contributed by atoms with E-state index in [1.165, 1.54) is 0 Å². The molecule has 1 rings (SSSR count). The summed E-state index contributed by atoms with van der Waals surface area (Å²) >= 11 is 3.31. The lowest BCUT2D eigenvalue weighted by molar-refractivity contribution is 0.205. The molecule has 0 spiro atoms. The van der Waals surface area contributed by atoms with Crippen LogP contribution in [0, 0.1) is 0 Å². The van der Waals surface area contributed by atoms with Gasteiger partial charge < -0.3 is 10.2 Å². The highest BCUT2D eigenvalue weighted by atomic mass is 79.9. The van der Waals surface area contributed by atoms with Gasteiger partial charge in [0.15, 0.2) is 0 Å². The van der Waals surface area contributed by atoms with Gasteiger partial charge in [-0.2, -0.15) is 0 Å². The van der Waals surface area contributed by atoms with E-state index in [2.05, 4.69) is 57.5 Å². The average molecular weight is 329 g/mol. The number of benzene rings is 1. The number of phenols is 1. The Hall–Kier alpha value is -0.540. The fraction of sp³-hybridized carbons (Fsp3) is 0.625. The van der Waals surface area contributed by atoms with Gasteiger partial charge in [0.1, 0.15) is 5.75 Å². The third kappa shape index (κ3) is 3.73. The zero-order valence-corrected chi connectivity index (χ0v) is 14.3. The SMILES string of the molecule is CC(C)(C)c1cc(C(O)CBr)cc(C(C)(C)C)c1O. The molecule has 0 saturated heterocycles. The standard InChI is InChI=1S/C16H25BrO2/c1-15(2,3)11-7-10(13(18)9-17)8-12(14(11)19)16(4,5)6/h7-8,13,18-19H,9H2,1-6H3. The summed E-state index contributed by atoms with van der Waals surface area (Å²) in [5, 5.41) is 21.1. The third-order valence-electron chi connectivity index (χ3n) is 3.28. The molecule has 3 heteroatoms. The fourth-order valence-corrected chi connectivity index (χ4v) is 2.46. The minimum atomic E-state index is -0.553. The molecule has 1 aromatic rings. The van der Waals surface area contributed by atoms with Crippen LogP contribution in [0.15, 0.2) is 12.1 Å². The van der Waals surface area contributed by atoms with Gasteiger partial charge in [-0.15, -0.1) is 0 Å². The Morgan fingerprint density at radius 2 is 1.37 bits per heavy atom. The smallest absolute Gasteiger partial charge is 0.123 e. The molecule has 2 N–H and O–H groups in total. The Kier molecular flexibility index (Phi) is 4.74. The van der Waals surface area contributed by atoms with Crippen molar-refractivity contribution in [1.29, 1.82) is 0 Å². The van der Waals surface area contributed by atoms with Gasteiger partial charge >= 0.3 is 0 Å². The van der Waals surface area contributed by atoms with Crippen molar-refractivity contribution < 1.29 is 10.2 Å². The second kappa shape index (κ2) is 5.45. The van der Waals surface area contributed by atoms with Crippen molar-refractivity contribution in [3.05, 3.63) is 28.8 Å². The van der Waals surface area contributed by atoms with Crippen molar-refractivity contribution in [2.24, 2.45) is 0 Å². The van der Waals surface area contributed by atoms with Crippen LogP contribution in [0.2, 0.25) is 0 Å². The van der Waals surface area contributed by atoms with Gasteiger partial charge in [0.2, 0.25) is 0 Å². The van der Waals surface area contributed by atoms with Gasteiger partial charge in [0.25, 0.3) is 0 Å². The molecule has 0 fully saturated rings. The predicted octanol–water partition coefficient (Wildman–Crippen LogP) is 4.42. The Labute approximate surface area is 125 Å². The second-order valence-corrected chi connectivity index (χ2v) is 7.78. The molecule has 1 unspecified atom stereocenters. The van der Waals surface area contributed by atoms with Crippen LogP contribution < -0.4 is 0 Å². The van der Waals surface area contributed by atoms with Crippen molar-refractivity contribution in [3.63, 3.8) is 0 Å². The number of hydrogen-bond acceptors (Lipinski definition) is 2. The molecule has 108 valence electrons. The van der Waals surface area contributed by atoms with E-state index in [0.29, 0.717) is 11.1 Å². The van der Waals surface area contributed by atoms with Gasteiger partial charge in [0.05, 0.1) is 6.10 Å². The monoisotopic (exact) mass is 328 g/mol. The summed E-state index contributed by atoms with van der Waals surface area (Å²) in [5.74, 6) is 0.352. The zero-order chi connectivity index (χ0) is 15.0. The normalized spacial score (nSPS) is 14.5. The lowest BCUT2D eigenvalue weighted by atomic mass is 9.78. The van der Waals surface area contributed by atoms with Crippen molar-refractivity contribution in [2.45, 2.75) is 58.5 Å². The number of rotatable bonds is 2. The maximum atomic E-state index is 10.5. The quantitative estimate of drug-likeness (QED) is 0.789. The summed E-state index contributed by atoms with van der Waals surface area (Å²) in [7, 11) is 0. The van der Waals surface area contributed by atoms with E-state index in [1.54, 1.807) is 0 Å². The summed E-state index contributed by atoms with van der Waals surface area (Å²) in [6.45, 7) is 12.4. The van der Waals surface area contributed by atoms with Crippen molar-refractivity contribution >= 4 is 15.9 Å². The molecule has 1 aromatic carbocycles. The van der Waals surface area contributed by atoms with Gasteiger partial charge in [-0.1, -0.05) is 57.5 Å². The number of aromatic hydroxyl groups is 1. The average Bonchev–Trinajstić information content (AvgIpc) is 2.25.